The van der Waals surface area contributed by atoms with Gasteiger partial charge in [-0.3, -0.25) is 14.5 Å². The summed E-state index contributed by atoms with van der Waals surface area (Å²) in [7, 11) is 0. The standard InChI is InChI=1S/C20H29N3O3/c1-2-18(19(24)21-17-6-4-3-5-7-17)22-10-8-16(9-11-22)20(25)23-12-14-26-15-13-23/h3-7,16,18H,2,8-15H2,1H3,(H,21,24). The number of hydrogen-bond donors (Lipinski definition) is 1. The summed E-state index contributed by atoms with van der Waals surface area (Å²) in [5.74, 6) is 0.380. The molecule has 0 radical (unpaired) electrons. The van der Waals surface area contributed by atoms with Gasteiger partial charge in [-0.05, 0) is 44.5 Å². The maximum Gasteiger partial charge on any atom is 0.241 e. The molecule has 2 heterocycles. The molecule has 1 atom stereocenters. The van der Waals surface area contributed by atoms with Gasteiger partial charge in [0.05, 0.1) is 19.3 Å². The smallest absolute Gasteiger partial charge is 0.241 e. The monoisotopic (exact) mass is 359 g/mol. The maximum absolute atomic E-state index is 12.7. The predicted molar refractivity (Wildman–Crippen MR) is 101 cm³/mol. The van der Waals surface area contributed by atoms with E-state index in [1.807, 2.05) is 42.2 Å². The number of anilines is 1. The van der Waals surface area contributed by atoms with Gasteiger partial charge in [0.25, 0.3) is 0 Å². The summed E-state index contributed by atoms with van der Waals surface area (Å²) in [6.45, 7) is 6.32. The number of carbonyl (C=O) groups is 2. The van der Waals surface area contributed by atoms with Crippen molar-refractivity contribution in [1.82, 2.24) is 9.80 Å². The highest BCUT2D eigenvalue weighted by Crippen LogP contribution is 2.23. The van der Waals surface area contributed by atoms with E-state index in [1.54, 1.807) is 0 Å². The first-order valence-corrected chi connectivity index (χ1v) is 9.65. The number of nitrogens with one attached hydrogen (secondary N) is 1. The Labute approximate surface area is 155 Å². The van der Waals surface area contributed by atoms with Gasteiger partial charge in [0, 0.05) is 24.7 Å². The zero-order chi connectivity index (χ0) is 18.4. The zero-order valence-electron chi connectivity index (χ0n) is 15.5. The van der Waals surface area contributed by atoms with E-state index in [4.69, 9.17) is 4.74 Å². The lowest BCUT2D eigenvalue weighted by molar-refractivity contribution is -0.141. The molecule has 0 saturated carbocycles. The lowest BCUT2D eigenvalue weighted by atomic mass is 9.93. The Kier molecular flexibility index (Phi) is 6.63. The Bertz CT molecular complexity index is 594. The number of likely N-dealkylation sites (tertiary alicyclic amines) is 1. The highest BCUT2D eigenvalue weighted by molar-refractivity contribution is 5.94. The summed E-state index contributed by atoms with van der Waals surface area (Å²) < 4.78 is 5.33. The summed E-state index contributed by atoms with van der Waals surface area (Å²) >= 11 is 0. The molecule has 6 heteroatoms. The fraction of sp³-hybridized carbons (Fsp3) is 0.600. The van der Waals surface area contributed by atoms with Gasteiger partial charge in [0.1, 0.15) is 0 Å². The first-order valence-electron chi connectivity index (χ1n) is 9.65. The lowest BCUT2D eigenvalue weighted by Crippen LogP contribution is -2.50. The van der Waals surface area contributed by atoms with E-state index in [0.717, 1.165) is 38.0 Å². The highest BCUT2D eigenvalue weighted by atomic mass is 16.5. The molecule has 2 fully saturated rings. The van der Waals surface area contributed by atoms with Crippen molar-refractivity contribution in [3.63, 3.8) is 0 Å². The van der Waals surface area contributed by atoms with Gasteiger partial charge in [-0.25, -0.2) is 0 Å². The molecule has 3 rings (SSSR count). The molecule has 2 amide bonds. The molecule has 0 spiro atoms. The third kappa shape index (κ3) is 4.62. The van der Waals surface area contributed by atoms with Crippen LogP contribution in [0.25, 0.3) is 0 Å². The summed E-state index contributed by atoms with van der Waals surface area (Å²) in [6.07, 6.45) is 2.41. The summed E-state index contributed by atoms with van der Waals surface area (Å²) in [5.41, 5.74) is 0.827. The third-order valence-electron chi connectivity index (χ3n) is 5.37. The summed E-state index contributed by atoms with van der Waals surface area (Å²) in [4.78, 5) is 29.5. The molecule has 2 saturated heterocycles. The first-order chi connectivity index (χ1) is 12.7. The van der Waals surface area contributed by atoms with Gasteiger partial charge in [0.2, 0.25) is 11.8 Å². The molecule has 26 heavy (non-hydrogen) atoms. The van der Waals surface area contributed by atoms with Crippen LogP contribution < -0.4 is 5.32 Å². The van der Waals surface area contributed by atoms with E-state index in [-0.39, 0.29) is 23.8 Å². The predicted octanol–water partition coefficient (Wildman–Crippen LogP) is 1.97. The second kappa shape index (κ2) is 9.14. The van der Waals surface area contributed by atoms with E-state index in [9.17, 15) is 9.59 Å². The zero-order valence-corrected chi connectivity index (χ0v) is 15.5. The Morgan fingerprint density at radius 3 is 2.38 bits per heavy atom. The third-order valence-corrected chi connectivity index (χ3v) is 5.37. The lowest BCUT2D eigenvalue weighted by Gasteiger charge is -2.38. The maximum atomic E-state index is 12.7. The number of morpholine rings is 1. The molecule has 1 aromatic carbocycles. The number of ether oxygens (including phenoxy) is 1. The molecule has 0 aliphatic carbocycles. The minimum atomic E-state index is -0.144. The molecule has 1 N–H and O–H groups in total. The number of benzene rings is 1. The molecule has 2 aliphatic rings. The van der Waals surface area contributed by atoms with Crippen molar-refractivity contribution in [2.24, 2.45) is 5.92 Å². The van der Waals surface area contributed by atoms with E-state index in [0.29, 0.717) is 26.3 Å². The van der Waals surface area contributed by atoms with E-state index in [1.165, 1.54) is 0 Å². The average Bonchev–Trinajstić information content (AvgIpc) is 2.70. The van der Waals surface area contributed by atoms with Crippen molar-refractivity contribution in [2.45, 2.75) is 32.2 Å². The quantitative estimate of drug-likeness (QED) is 0.873. The van der Waals surface area contributed by atoms with Crippen molar-refractivity contribution in [3.05, 3.63) is 30.3 Å². The minimum absolute atomic E-state index is 0.0386. The van der Waals surface area contributed by atoms with Gasteiger partial charge in [-0.2, -0.15) is 0 Å². The van der Waals surface area contributed by atoms with E-state index >= 15 is 0 Å². The number of nitrogens with zero attached hydrogens (tertiary/aromatic N) is 2. The van der Waals surface area contributed by atoms with E-state index < -0.39 is 0 Å². The van der Waals surface area contributed by atoms with Crippen LogP contribution in [0.15, 0.2) is 30.3 Å². The first kappa shape index (κ1) is 18.9. The van der Waals surface area contributed by atoms with Gasteiger partial charge in [-0.1, -0.05) is 25.1 Å². The van der Waals surface area contributed by atoms with Crippen molar-refractivity contribution in [1.29, 1.82) is 0 Å². The van der Waals surface area contributed by atoms with Crippen LogP contribution in [0.4, 0.5) is 5.69 Å². The topological polar surface area (TPSA) is 61.9 Å². The number of rotatable bonds is 5. The molecule has 0 bridgehead atoms. The van der Waals surface area contributed by atoms with Crippen molar-refractivity contribution >= 4 is 17.5 Å². The van der Waals surface area contributed by atoms with Gasteiger partial charge in [-0.15, -0.1) is 0 Å². The van der Waals surface area contributed by atoms with Crippen LogP contribution in [0.1, 0.15) is 26.2 Å². The summed E-state index contributed by atoms with van der Waals surface area (Å²) in [6, 6.07) is 9.42. The molecule has 142 valence electrons. The van der Waals surface area contributed by atoms with Crippen LogP contribution in [0.5, 0.6) is 0 Å². The number of carbonyl (C=O) groups excluding carboxylic acids is 2. The SMILES string of the molecule is CCC(C(=O)Nc1ccccc1)N1CCC(C(=O)N2CCOCC2)CC1. The fourth-order valence-corrected chi connectivity index (χ4v) is 3.86. The Balaban J connectivity index is 1.52. The summed E-state index contributed by atoms with van der Waals surface area (Å²) in [5, 5.41) is 3.01. The largest absolute Gasteiger partial charge is 0.378 e. The second-order valence-electron chi connectivity index (χ2n) is 7.03. The van der Waals surface area contributed by atoms with Crippen molar-refractivity contribution < 1.29 is 14.3 Å². The molecular weight excluding hydrogens is 330 g/mol. The fourth-order valence-electron chi connectivity index (χ4n) is 3.86. The molecular formula is C20H29N3O3. The number of para-hydroxylation sites is 1. The van der Waals surface area contributed by atoms with Gasteiger partial charge < -0.3 is 15.0 Å². The molecule has 2 aliphatic heterocycles. The van der Waals surface area contributed by atoms with Crippen LogP contribution in [0.3, 0.4) is 0 Å². The van der Waals surface area contributed by atoms with Crippen LogP contribution in [0, 0.1) is 5.92 Å². The molecule has 1 aromatic rings. The Morgan fingerprint density at radius 2 is 1.77 bits per heavy atom. The van der Waals surface area contributed by atoms with Crippen LogP contribution in [0.2, 0.25) is 0 Å². The number of amides is 2. The van der Waals surface area contributed by atoms with Crippen LogP contribution >= 0.6 is 0 Å². The number of hydrogen-bond acceptors (Lipinski definition) is 4. The van der Waals surface area contributed by atoms with Crippen LogP contribution in [-0.4, -0.2) is 67.0 Å². The average molecular weight is 359 g/mol. The Hall–Kier alpha value is -1.92. The highest BCUT2D eigenvalue weighted by Gasteiger charge is 2.33. The van der Waals surface area contributed by atoms with E-state index in [2.05, 4.69) is 10.2 Å². The molecule has 0 aromatic heterocycles. The van der Waals surface area contributed by atoms with Crippen molar-refractivity contribution in [2.75, 3.05) is 44.7 Å². The second-order valence-corrected chi connectivity index (χ2v) is 7.03. The molecule has 1 unspecified atom stereocenters. The Morgan fingerprint density at radius 1 is 1.12 bits per heavy atom. The normalized spacial score (nSPS) is 20.6. The van der Waals surface area contributed by atoms with Crippen LogP contribution in [-0.2, 0) is 14.3 Å². The van der Waals surface area contributed by atoms with Gasteiger partial charge in [0.15, 0.2) is 0 Å². The number of piperidine rings is 1. The van der Waals surface area contributed by atoms with Crippen molar-refractivity contribution in [3.8, 4) is 0 Å². The molecule has 6 nitrogen and oxygen atoms in total. The van der Waals surface area contributed by atoms with Gasteiger partial charge >= 0.3 is 0 Å². The minimum Gasteiger partial charge on any atom is -0.378 e.